The monoisotopic (exact) mass is 336 g/mol. The van der Waals surface area contributed by atoms with Gasteiger partial charge in [-0.2, -0.15) is 0 Å². The molecular formula is C17H17ClO5. The lowest BCUT2D eigenvalue weighted by molar-refractivity contribution is -0.145. The van der Waals surface area contributed by atoms with Gasteiger partial charge < -0.3 is 19.3 Å². The Morgan fingerprint density at radius 2 is 1.74 bits per heavy atom. The number of aliphatic carboxylic acids is 1. The third-order valence-corrected chi connectivity index (χ3v) is 3.55. The highest BCUT2D eigenvalue weighted by molar-refractivity contribution is 6.32. The van der Waals surface area contributed by atoms with Crippen LogP contribution in [0.4, 0.5) is 0 Å². The molecule has 0 unspecified atom stereocenters. The zero-order valence-corrected chi connectivity index (χ0v) is 13.5. The van der Waals surface area contributed by atoms with Crippen LogP contribution in [-0.2, 0) is 11.2 Å². The van der Waals surface area contributed by atoms with Crippen LogP contribution in [0.1, 0.15) is 5.56 Å². The van der Waals surface area contributed by atoms with Crippen LogP contribution in [0.3, 0.4) is 0 Å². The SMILES string of the molecule is COc1ccc(C[C@H](Oc2ccccc2OC)C(=O)O)cc1Cl. The third kappa shape index (κ3) is 4.29. The molecule has 0 aliphatic carbocycles. The molecular weight excluding hydrogens is 320 g/mol. The topological polar surface area (TPSA) is 65.0 Å². The fraction of sp³-hybridized carbons (Fsp3) is 0.235. The lowest BCUT2D eigenvalue weighted by atomic mass is 10.1. The summed E-state index contributed by atoms with van der Waals surface area (Å²) in [6, 6.07) is 12.0. The summed E-state index contributed by atoms with van der Waals surface area (Å²) in [7, 11) is 3.02. The lowest BCUT2D eigenvalue weighted by Crippen LogP contribution is -2.29. The van der Waals surface area contributed by atoms with E-state index in [1.165, 1.54) is 14.2 Å². The van der Waals surface area contributed by atoms with Crippen LogP contribution in [-0.4, -0.2) is 31.4 Å². The number of carboxylic acids is 1. The number of hydrogen-bond donors (Lipinski definition) is 1. The number of ether oxygens (including phenoxy) is 3. The average Bonchev–Trinajstić information content (AvgIpc) is 2.54. The molecule has 2 aromatic rings. The first-order chi connectivity index (χ1) is 11.0. The van der Waals surface area contributed by atoms with Gasteiger partial charge in [-0.25, -0.2) is 4.79 Å². The molecule has 6 heteroatoms. The molecule has 0 fully saturated rings. The van der Waals surface area contributed by atoms with Gasteiger partial charge >= 0.3 is 5.97 Å². The van der Waals surface area contributed by atoms with Crippen LogP contribution >= 0.6 is 11.6 Å². The van der Waals surface area contributed by atoms with Crippen molar-refractivity contribution in [3.8, 4) is 17.2 Å². The van der Waals surface area contributed by atoms with E-state index in [0.29, 0.717) is 22.3 Å². The first kappa shape index (κ1) is 17.0. The number of carbonyl (C=O) groups is 1. The van der Waals surface area contributed by atoms with Gasteiger partial charge in [-0.1, -0.05) is 29.8 Å². The van der Waals surface area contributed by atoms with Gasteiger partial charge in [0.2, 0.25) is 0 Å². The number of carboxylic acid groups (broad SMARTS) is 1. The van der Waals surface area contributed by atoms with Gasteiger partial charge in [0.1, 0.15) is 5.75 Å². The van der Waals surface area contributed by atoms with Crippen molar-refractivity contribution in [2.45, 2.75) is 12.5 Å². The summed E-state index contributed by atoms with van der Waals surface area (Å²) in [5, 5.41) is 9.83. The second-order valence-corrected chi connectivity index (χ2v) is 5.18. The van der Waals surface area contributed by atoms with E-state index in [2.05, 4.69) is 0 Å². The Balaban J connectivity index is 2.19. The van der Waals surface area contributed by atoms with Gasteiger partial charge in [0.05, 0.1) is 19.2 Å². The molecule has 122 valence electrons. The van der Waals surface area contributed by atoms with Crippen molar-refractivity contribution in [1.82, 2.24) is 0 Å². The van der Waals surface area contributed by atoms with E-state index in [1.807, 2.05) is 0 Å². The minimum atomic E-state index is -1.07. The Morgan fingerprint density at radius 1 is 1.09 bits per heavy atom. The molecule has 0 bridgehead atoms. The van der Waals surface area contributed by atoms with E-state index in [4.69, 9.17) is 25.8 Å². The minimum absolute atomic E-state index is 0.164. The predicted molar refractivity (Wildman–Crippen MR) is 86.8 cm³/mol. The molecule has 0 radical (unpaired) electrons. The second-order valence-electron chi connectivity index (χ2n) is 4.77. The Labute approximate surface area is 139 Å². The molecule has 0 spiro atoms. The van der Waals surface area contributed by atoms with Crippen LogP contribution in [0.2, 0.25) is 5.02 Å². The summed E-state index contributed by atoms with van der Waals surface area (Å²) < 4.78 is 15.9. The molecule has 0 aliphatic rings. The maximum Gasteiger partial charge on any atom is 0.345 e. The summed E-state index contributed by atoms with van der Waals surface area (Å²) >= 11 is 6.07. The molecule has 0 heterocycles. The molecule has 0 saturated carbocycles. The normalized spacial score (nSPS) is 11.6. The number of halogens is 1. The summed E-state index contributed by atoms with van der Waals surface area (Å²) in [6.45, 7) is 0. The largest absolute Gasteiger partial charge is 0.495 e. The van der Waals surface area contributed by atoms with Gasteiger partial charge in [0.25, 0.3) is 0 Å². The maximum atomic E-state index is 11.5. The molecule has 1 N–H and O–H groups in total. The summed E-state index contributed by atoms with van der Waals surface area (Å²) in [4.78, 5) is 11.5. The van der Waals surface area contributed by atoms with E-state index in [-0.39, 0.29) is 6.42 Å². The number of rotatable bonds is 7. The minimum Gasteiger partial charge on any atom is -0.495 e. The van der Waals surface area contributed by atoms with Gasteiger partial charge in [-0.05, 0) is 29.8 Å². The van der Waals surface area contributed by atoms with Crippen LogP contribution < -0.4 is 14.2 Å². The van der Waals surface area contributed by atoms with Crippen molar-refractivity contribution in [1.29, 1.82) is 0 Å². The smallest absolute Gasteiger partial charge is 0.345 e. The summed E-state index contributed by atoms with van der Waals surface area (Å²) in [5.41, 5.74) is 0.734. The number of para-hydroxylation sites is 2. The first-order valence-corrected chi connectivity index (χ1v) is 7.28. The van der Waals surface area contributed by atoms with E-state index in [1.54, 1.807) is 42.5 Å². The number of methoxy groups -OCH3 is 2. The van der Waals surface area contributed by atoms with Gasteiger partial charge in [0.15, 0.2) is 17.6 Å². The Kier molecular flexibility index (Phi) is 5.71. The highest BCUT2D eigenvalue weighted by Crippen LogP contribution is 2.29. The number of hydrogen-bond acceptors (Lipinski definition) is 4. The van der Waals surface area contributed by atoms with Crippen molar-refractivity contribution < 1.29 is 24.1 Å². The van der Waals surface area contributed by atoms with E-state index < -0.39 is 12.1 Å². The predicted octanol–water partition coefficient (Wildman–Crippen LogP) is 3.43. The van der Waals surface area contributed by atoms with Crippen LogP contribution in [0.5, 0.6) is 17.2 Å². The van der Waals surface area contributed by atoms with Gasteiger partial charge in [0, 0.05) is 6.42 Å². The van der Waals surface area contributed by atoms with Crippen LogP contribution in [0.25, 0.3) is 0 Å². The molecule has 5 nitrogen and oxygen atoms in total. The molecule has 0 aromatic heterocycles. The first-order valence-electron chi connectivity index (χ1n) is 6.90. The van der Waals surface area contributed by atoms with Gasteiger partial charge in [-0.3, -0.25) is 0 Å². The number of benzene rings is 2. The maximum absolute atomic E-state index is 11.5. The zero-order chi connectivity index (χ0) is 16.8. The van der Waals surface area contributed by atoms with Crippen molar-refractivity contribution in [2.24, 2.45) is 0 Å². The average molecular weight is 337 g/mol. The van der Waals surface area contributed by atoms with Crippen molar-refractivity contribution >= 4 is 17.6 Å². The third-order valence-electron chi connectivity index (χ3n) is 3.25. The van der Waals surface area contributed by atoms with Gasteiger partial charge in [-0.15, -0.1) is 0 Å². The van der Waals surface area contributed by atoms with Crippen molar-refractivity contribution in [3.05, 3.63) is 53.1 Å². The Morgan fingerprint density at radius 3 is 2.30 bits per heavy atom. The standard InChI is InChI=1S/C17H17ClO5/c1-21-13-8-7-11(9-12(13)18)10-16(17(19)20)23-15-6-4-3-5-14(15)22-2/h3-9,16H,10H2,1-2H3,(H,19,20)/t16-/m0/s1. The highest BCUT2D eigenvalue weighted by atomic mass is 35.5. The summed E-state index contributed by atoms with van der Waals surface area (Å²) in [6.07, 6.45) is -0.896. The quantitative estimate of drug-likeness (QED) is 0.839. The Bertz CT molecular complexity index is 686. The van der Waals surface area contributed by atoms with Crippen LogP contribution in [0.15, 0.2) is 42.5 Å². The molecule has 2 rings (SSSR count). The molecule has 2 aromatic carbocycles. The van der Waals surface area contributed by atoms with E-state index in [9.17, 15) is 9.90 Å². The molecule has 0 amide bonds. The van der Waals surface area contributed by atoms with E-state index >= 15 is 0 Å². The fourth-order valence-corrected chi connectivity index (χ4v) is 2.38. The van der Waals surface area contributed by atoms with Crippen molar-refractivity contribution in [2.75, 3.05) is 14.2 Å². The molecule has 0 aliphatic heterocycles. The Hall–Kier alpha value is -2.40. The second kappa shape index (κ2) is 7.74. The summed E-state index contributed by atoms with van der Waals surface area (Å²) in [5.74, 6) is 0.323. The fourth-order valence-electron chi connectivity index (χ4n) is 2.10. The van der Waals surface area contributed by atoms with Crippen LogP contribution in [0, 0.1) is 0 Å². The van der Waals surface area contributed by atoms with Crippen molar-refractivity contribution in [3.63, 3.8) is 0 Å². The highest BCUT2D eigenvalue weighted by Gasteiger charge is 2.22. The zero-order valence-electron chi connectivity index (χ0n) is 12.8. The van der Waals surface area contributed by atoms with E-state index in [0.717, 1.165) is 5.56 Å². The molecule has 0 saturated heterocycles. The molecule has 1 atom stereocenters. The molecule has 23 heavy (non-hydrogen) atoms. The lowest BCUT2D eigenvalue weighted by Gasteiger charge is -2.17.